The number of thioether (sulfide) groups is 1. The van der Waals surface area contributed by atoms with Crippen LogP contribution in [0.4, 0.5) is 4.79 Å². The summed E-state index contributed by atoms with van der Waals surface area (Å²) >= 11 is 1.86. The molecule has 34 heavy (non-hydrogen) atoms. The maximum Gasteiger partial charge on any atom is 0.452 e. The van der Waals surface area contributed by atoms with Crippen molar-refractivity contribution < 1.29 is 28.6 Å². The molecule has 0 saturated carbocycles. The number of hydrogen-bond donors (Lipinski definition) is 1. The summed E-state index contributed by atoms with van der Waals surface area (Å²) in [7, 11) is -4.46. The highest BCUT2D eigenvalue weighted by Crippen LogP contribution is 2.44. The Labute approximate surface area is 214 Å². The lowest BCUT2D eigenvalue weighted by Gasteiger charge is -2.23. The van der Waals surface area contributed by atoms with Gasteiger partial charge in [-0.15, -0.1) is 0 Å². The third kappa shape index (κ3) is 19.2. The van der Waals surface area contributed by atoms with Crippen LogP contribution in [-0.2, 0) is 18.9 Å². The Kier molecular flexibility index (Phi) is 23.3. The predicted molar refractivity (Wildman–Crippen MR) is 145 cm³/mol. The van der Waals surface area contributed by atoms with Gasteiger partial charge in [0, 0.05) is 5.25 Å². The van der Waals surface area contributed by atoms with Gasteiger partial charge in [-0.2, -0.15) is 16.6 Å². The molecule has 0 heterocycles. The van der Waals surface area contributed by atoms with E-state index in [1.807, 2.05) is 18.7 Å². The molecule has 0 aromatic rings. The smallest absolute Gasteiger partial charge is 0.316 e. The van der Waals surface area contributed by atoms with E-state index in [2.05, 4.69) is 13.8 Å². The van der Waals surface area contributed by atoms with E-state index in [4.69, 9.17) is 14.3 Å². The Hall–Kier alpha value is -0.0700. The van der Waals surface area contributed by atoms with E-state index in [1.54, 1.807) is 6.92 Å². The van der Waals surface area contributed by atoms with Crippen LogP contribution >= 0.6 is 19.4 Å². The van der Waals surface area contributed by atoms with Crippen molar-refractivity contribution in [2.45, 2.75) is 148 Å². The minimum atomic E-state index is -4.46. The van der Waals surface area contributed by atoms with Crippen molar-refractivity contribution in [2.24, 2.45) is 0 Å². The van der Waals surface area contributed by atoms with E-state index < -0.39 is 13.3 Å². The van der Waals surface area contributed by atoms with Crippen molar-refractivity contribution >= 4 is 25.1 Å². The molecule has 0 radical (unpaired) electrons. The molecule has 0 aliphatic heterocycles. The molecule has 0 aromatic carbocycles. The Bertz CT molecular complexity index is 520. The topological polar surface area (TPSA) is 82.1 Å². The normalized spacial score (nSPS) is 15.1. The molecule has 0 fully saturated rings. The highest BCUT2D eigenvalue weighted by atomic mass is 32.2. The summed E-state index contributed by atoms with van der Waals surface area (Å²) in [5.41, 5.74) is -1.34. The molecule has 6 nitrogen and oxygen atoms in total. The minimum absolute atomic E-state index is 0.0214. The summed E-state index contributed by atoms with van der Waals surface area (Å²) < 4.78 is 16.6. The van der Waals surface area contributed by atoms with Crippen LogP contribution in [0.1, 0.15) is 137 Å². The van der Waals surface area contributed by atoms with E-state index in [0.29, 0.717) is 6.42 Å². The fourth-order valence-corrected chi connectivity index (χ4v) is 5.72. The largest absolute Gasteiger partial charge is 0.452 e. The monoisotopic (exact) mass is 524 g/mol. The van der Waals surface area contributed by atoms with Crippen LogP contribution in [0.2, 0.25) is 0 Å². The van der Waals surface area contributed by atoms with Crippen molar-refractivity contribution in [1.29, 1.82) is 0 Å². The molecule has 0 rings (SSSR count). The zero-order valence-corrected chi connectivity index (χ0v) is 24.1. The average molecular weight is 525 g/mol. The summed E-state index contributed by atoms with van der Waals surface area (Å²) in [6.45, 7) is 8.14. The van der Waals surface area contributed by atoms with Gasteiger partial charge >= 0.3 is 13.3 Å². The minimum Gasteiger partial charge on any atom is -0.316 e. The van der Waals surface area contributed by atoms with Gasteiger partial charge in [-0.25, -0.2) is 9.36 Å². The molecular formula is C26H53O6PS. The Morgan fingerprint density at radius 1 is 0.794 bits per heavy atom. The summed E-state index contributed by atoms with van der Waals surface area (Å²) in [5.74, 6) is 1.05. The molecule has 0 aliphatic rings. The first-order valence-corrected chi connectivity index (χ1v) is 16.5. The Morgan fingerprint density at radius 3 is 1.82 bits per heavy atom. The highest BCUT2D eigenvalue weighted by molar-refractivity contribution is 7.99. The van der Waals surface area contributed by atoms with Crippen molar-refractivity contribution in [3.8, 4) is 0 Å². The zero-order chi connectivity index (χ0) is 25.5. The van der Waals surface area contributed by atoms with E-state index in [-0.39, 0.29) is 18.0 Å². The van der Waals surface area contributed by atoms with E-state index >= 15 is 0 Å². The van der Waals surface area contributed by atoms with E-state index in [1.165, 1.54) is 89.9 Å². The summed E-state index contributed by atoms with van der Waals surface area (Å²) in [6, 6.07) is 0. The van der Waals surface area contributed by atoms with Crippen LogP contribution in [0.5, 0.6) is 0 Å². The molecule has 0 bridgehead atoms. The van der Waals surface area contributed by atoms with E-state index in [9.17, 15) is 14.3 Å². The Morgan fingerprint density at radius 2 is 1.29 bits per heavy atom. The highest BCUT2D eigenvalue weighted by Gasteiger charge is 2.35. The first kappa shape index (κ1) is 33.9. The molecule has 0 aliphatic carbocycles. The molecular weight excluding hydrogens is 471 g/mol. The average Bonchev–Trinajstić information content (AvgIpc) is 2.82. The number of carbonyl (C=O) groups is 1. The second kappa shape index (κ2) is 23.3. The third-order valence-corrected chi connectivity index (χ3v) is 8.56. The van der Waals surface area contributed by atoms with Gasteiger partial charge in [-0.05, 0) is 31.9 Å². The molecule has 0 saturated heterocycles. The van der Waals surface area contributed by atoms with Crippen LogP contribution in [-0.4, -0.2) is 34.3 Å². The van der Waals surface area contributed by atoms with Crippen LogP contribution < -0.4 is 0 Å². The predicted octanol–water partition coefficient (Wildman–Crippen LogP) is 9.44. The van der Waals surface area contributed by atoms with Crippen molar-refractivity contribution in [2.75, 3.05) is 12.4 Å². The number of rotatable bonds is 25. The first-order valence-electron chi connectivity index (χ1n) is 13.9. The SMILES string of the molecule is CCCCCCCCCCCCS[C@H](CCCCCCC)[C@H](C)OOC(=O)P(=O)(O)OCCC. The van der Waals surface area contributed by atoms with Crippen molar-refractivity contribution in [3.63, 3.8) is 0 Å². The van der Waals surface area contributed by atoms with Gasteiger partial charge in [0.15, 0.2) is 0 Å². The second-order valence-corrected chi connectivity index (χ2v) is 12.3. The molecule has 204 valence electrons. The van der Waals surface area contributed by atoms with Gasteiger partial charge in [0.25, 0.3) is 0 Å². The van der Waals surface area contributed by atoms with E-state index in [0.717, 1.165) is 18.6 Å². The van der Waals surface area contributed by atoms with Crippen LogP contribution in [0.25, 0.3) is 0 Å². The molecule has 0 aromatic heterocycles. The van der Waals surface area contributed by atoms with Gasteiger partial charge in [-0.1, -0.05) is 111 Å². The number of unbranched alkanes of at least 4 members (excludes halogenated alkanes) is 13. The molecule has 1 N–H and O–H groups in total. The lowest BCUT2D eigenvalue weighted by atomic mass is 10.1. The van der Waals surface area contributed by atoms with Gasteiger partial charge in [0.05, 0.1) is 6.61 Å². The number of carbonyl (C=O) groups excluding carboxylic acids is 1. The quantitative estimate of drug-likeness (QED) is 0.0551. The van der Waals surface area contributed by atoms with Gasteiger partial charge in [0.2, 0.25) is 0 Å². The molecule has 0 amide bonds. The van der Waals surface area contributed by atoms with Gasteiger partial charge in [0.1, 0.15) is 6.10 Å². The van der Waals surface area contributed by atoms with Crippen molar-refractivity contribution in [1.82, 2.24) is 0 Å². The van der Waals surface area contributed by atoms with Crippen molar-refractivity contribution in [3.05, 3.63) is 0 Å². The van der Waals surface area contributed by atoms with Gasteiger partial charge < -0.3 is 9.42 Å². The fraction of sp³-hybridized carbons (Fsp3) is 0.962. The molecule has 3 atom stereocenters. The first-order chi connectivity index (χ1) is 16.4. The summed E-state index contributed by atoms with van der Waals surface area (Å²) in [4.78, 5) is 31.6. The van der Waals surface area contributed by atoms with Crippen LogP contribution in [0, 0.1) is 0 Å². The lowest BCUT2D eigenvalue weighted by Crippen LogP contribution is -2.25. The number of hydrogen-bond acceptors (Lipinski definition) is 6. The van der Waals surface area contributed by atoms with Crippen LogP contribution in [0.15, 0.2) is 0 Å². The van der Waals surface area contributed by atoms with Crippen LogP contribution in [0.3, 0.4) is 0 Å². The van der Waals surface area contributed by atoms with Gasteiger partial charge in [-0.3, -0.25) is 4.89 Å². The maximum atomic E-state index is 11.9. The summed E-state index contributed by atoms with van der Waals surface area (Å²) in [5, 5.41) is 0.183. The lowest BCUT2D eigenvalue weighted by molar-refractivity contribution is -0.262. The summed E-state index contributed by atoms with van der Waals surface area (Å²) in [6.07, 6.45) is 20.4. The standard InChI is InChI=1S/C26H53O6PS/c1-5-8-10-12-13-14-15-16-18-20-23-34-25(21-19-17-11-9-6-2)24(4)31-32-26(27)33(28,29)30-22-7-3/h24-25H,5-23H2,1-4H3,(H,28,29)/t24-,25+/m0/s1. The second-order valence-electron chi connectivity index (χ2n) is 9.30. The Balaban J connectivity index is 4.30. The zero-order valence-electron chi connectivity index (χ0n) is 22.4. The molecule has 8 heteroatoms. The maximum absolute atomic E-state index is 11.9. The molecule has 1 unspecified atom stereocenters. The third-order valence-electron chi connectivity index (χ3n) is 5.92. The fourth-order valence-electron chi connectivity index (χ4n) is 3.72. The molecule has 0 spiro atoms.